The van der Waals surface area contributed by atoms with Gasteiger partial charge in [0.1, 0.15) is 5.75 Å². The molecule has 158 valence electrons. The molecule has 1 aromatic carbocycles. The van der Waals surface area contributed by atoms with E-state index >= 15 is 0 Å². The molecule has 0 unspecified atom stereocenters. The minimum atomic E-state index is -3.42. The Hall–Kier alpha value is -1.97. The van der Waals surface area contributed by atoms with Gasteiger partial charge in [0.15, 0.2) is 15.0 Å². The van der Waals surface area contributed by atoms with Crippen LogP contribution in [-0.2, 0) is 27.6 Å². The van der Waals surface area contributed by atoms with Gasteiger partial charge < -0.3 is 10.1 Å². The number of nitrogens with zero attached hydrogens (tertiary/aromatic N) is 2. The topological polar surface area (TPSA) is 88.6 Å². The van der Waals surface area contributed by atoms with Gasteiger partial charge >= 0.3 is 0 Å². The summed E-state index contributed by atoms with van der Waals surface area (Å²) in [6.45, 7) is 5.13. The SMILES string of the molecule is CCCN1CCc2nc(NC(=O)CCCS(=O)(=O)c3ccc(OC)cc3)sc2C1. The van der Waals surface area contributed by atoms with E-state index in [1.807, 2.05) is 0 Å². The lowest BCUT2D eigenvalue weighted by molar-refractivity contribution is -0.116. The molecular weight excluding hydrogens is 410 g/mol. The van der Waals surface area contributed by atoms with Crippen molar-refractivity contribution in [1.29, 1.82) is 0 Å². The van der Waals surface area contributed by atoms with Crippen molar-refractivity contribution in [3.63, 3.8) is 0 Å². The monoisotopic (exact) mass is 437 g/mol. The summed E-state index contributed by atoms with van der Waals surface area (Å²) in [5.74, 6) is 0.325. The Kier molecular flexibility index (Phi) is 7.26. The van der Waals surface area contributed by atoms with Gasteiger partial charge in [0.2, 0.25) is 5.91 Å². The molecule has 0 saturated carbocycles. The van der Waals surface area contributed by atoms with E-state index in [9.17, 15) is 13.2 Å². The number of rotatable bonds is 9. The zero-order valence-corrected chi connectivity index (χ0v) is 18.4. The zero-order valence-electron chi connectivity index (χ0n) is 16.8. The van der Waals surface area contributed by atoms with Gasteiger partial charge in [0.25, 0.3) is 0 Å². The lowest BCUT2D eigenvalue weighted by atomic mass is 10.2. The van der Waals surface area contributed by atoms with Gasteiger partial charge in [-0.25, -0.2) is 13.4 Å². The summed E-state index contributed by atoms with van der Waals surface area (Å²) >= 11 is 1.52. The van der Waals surface area contributed by atoms with Gasteiger partial charge in [-0.3, -0.25) is 9.69 Å². The maximum atomic E-state index is 12.4. The van der Waals surface area contributed by atoms with Crippen molar-refractivity contribution in [2.75, 3.05) is 31.3 Å². The normalized spacial score (nSPS) is 14.4. The van der Waals surface area contributed by atoms with Gasteiger partial charge in [-0.1, -0.05) is 6.92 Å². The van der Waals surface area contributed by atoms with E-state index in [-0.39, 0.29) is 29.4 Å². The molecule has 2 heterocycles. The van der Waals surface area contributed by atoms with Crippen LogP contribution in [0, 0.1) is 0 Å². The Morgan fingerprint density at radius 3 is 2.76 bits per heavy atom. The number of nitrogens with one attached hydrogen (secondary N) is 1. The van der Waals surface area contributed by atoms with Crippen molar-refractivity contribution in [3.05, 3.63) is 34.8 Å². The van der Waals surface area contributed by atoms with Crippen molar-refractivity contribution >= 4 is 32.2 Å². The number of benzene rings is 1. The Balaban J connectivity index is 1.49. The molecule has 0 saturated heterocycles. The van der Waals surface area contributed by atoms with E-state index < -0.39 is 9.84 Å². The molecular formula is C20H27N3O4S2. The van der Waals surface area contributed by atoms with Crippen LogP contribution in [0.2, 0.25) is 0 Å². The quantitative estimate of drug-likeness (QED) is 0.648. The van der Waals surface area contributed by atoms with Crippen LogP contribution in [0.3, 0.4) is 0 Å². The van der Waals surface area contributed by atoms with Gasteiger partial charge in [0.05, 0.1) is 23.5 Å². The first-order chi connectivity index (χ1) is 13.9. The standard InChI is InChI=1S/C20H27N3O4S2/c1-3-11-23-12-10-17-18(14-23)28-20(21-17)22-19(24)5-4-13-29(25,26)16-8-6-15(27-2)7-9-16/h6-9H,3-5,10-14H2,1-2H3,(H,21,22,24). The van der Waals surface area contributed by atoms with Crippen LogP contribution in [0.4, 0.5) is 5.13 Å². The highest BCUT2D eigenvalue weighted by Crippen LogP contribution is 2.28. The third kappa shape index (κ3) is 5.77. The Morgan fingerprint density at radius 1 is 1.31 bits per heavy atom. The second-order valence-corrected chi connectivity index (χ2v) is 10.3. The zero-order chi connectivity index (χ0) is 20.9. The first-order valence-corrected chi connectivity index (χ1v) is 12.3. The molecule has 7 nitrogen and oxygen atoms in total. The Labute approximate surface area is 176 Å². The fraction of sp³-hybridized carbons (Fsp3) is 0.500. The summed E-state index contributed by atoms with van der Waals surface area (Å²) in [5.41, 5.74) is 1.07. The second kappa shape index (κ2) is 9.69. The summed E-state index contributed by atoms with van der Waals surface area (Å²) < 4.78 is 29.8. The minimum absolute atomic E-state index is 0.0763. The van der Waals surface area contributed by atoms with Crippen molar-refractivity contribution < 1.29 is 17.9 Å². The molecule has 0 spiro atoms. The maximum absolute atomic E-state index is 12.4. The van der Waals surface area contributed by atoms with Crippen LogP contribution >= 0.6 is 11.3 Å². The van der Waals surface area contributed by atoms with Gasteiger partial charge in [-0.15, -0.1) is 11.3 Å². The molecule has 1 aromatic heterocycles. The fourth-order valence-electron chi connectivity index (χ4n) is 3.31. The third-order valence-electron chi connectivity index (χ3n) is 4.83. The summed E-state index contributed by atoms with van der Waals surface area (Å²) in [6.07, 6.45) is 2.43. The number of fused-ring (bicyclic) bond motifs is 1. The number of aromatic nitrogens is 1. The largest absolute Gasteiger partial charge is 0.497 e. The van der Waals surface area contributed by atoms with Crippen molar-refractivity contribution in [2.24, 2.45) is 0 Å². The number of carbonyl (C=O) groups is 1. The third-order valence-corrected chi connectivity index (χ3v) is 7.65. The Morgan fingerprint density at radius 2 is 2.07 bits per heavy atom. The molecule has 1 aliphatic heterocycles. The highest BCUT2D eigenvalue weighted by molar-refractivity contribution is 7.91. The predicted octanol–water partition coefficient (Wildman–Crippen LogP) is 3.11. The summed E-state index contributed by atoms with van der Waals surface area (Å²) in [5, 5.41) is 3.43. The lowest BCUT2D eigenvalue weighted by Crippen LogP contribution is -2.30. The smallest absolute Gasteiger partial charge is 0.226 e. The van der Waals surface area contributed by atoms with E-state index in [0.29, 0.717) is 10.9 Å². The Bertz CT molecular complexity index is 939. The van der Waals surface area contributed by atoms with Crippen molar-refractivity contribution in [1.82, 2.24) is 9.88 Å². The van der Waals surface area contributed by atoms with Crippen LogP contribution in [0.25, 0.3) is 0 Å². The van der Waals surface area contributed by atoms with E-state index in [2.05, 4.69) is 22.1 Å². The minimum Gasteiger partial charge on any atom is -0.497 e. The average Bonchev–Trinajstić information content (AvgIpc) is 3.09. The van der Waals surface area contributed by atoms with Gasteiger partial charge in [-0.05, 0) is 43.7 Å². The van der Waals surface area contributed by atoms with Gasteiger partial charge in [0, 0.05) is 30.8 Å². The van der Waals surface area contributed by atoms with E-state index in [1.165, 1.54) is 35.5 Å². The van der Waals surface area contributed by atoms with Crippen LogP contribution < -0.4 is 10.1 Å². The maximum Gasteiger partial charge on any atom is 0.226 e. The highest BCUT2D eigenvalue weighted by atomic mass is 32.2. The number of hydrogen-bond acceptors (Lipinski definition) is 7. The molecule has 0 bridgehead atoms. The van der Waals surface area contributed by atoms with E-state index in [1.54, 1.807) is 12.1 Å². The molecule has 2 aromatic rings. The highest BCUT2D eigenvalue weighted by Gasteiger charge is 2.21. The number of carbonyl (C=O) groups excluding carboxylic acids is 1. The number of ether oxygens (including phenoxy) is 1. The average molecular weight is 438 g/mol. The molecule has 0 aliphatic carbocycles. The molecule has 9 heteroatoms. The number of thiazole rings is 1. The number of hydrogen-bond donors (Lipinski definition) is 1. The fourth-order valence-corrected chi connectivity index (χ4v) is 5.69. The summed E-state index contributed by atoms with van der Waals surface area (Å²) in [4.78, 5) is 20.6. The summed E-state index contributed by atoms with van der Waals surface area (Å²) in [6, 6.07) is 6.28. The number of methoxy groups -OCH3 is 1. The molecule has 1 amide bonds. The molecule has 1 N–H and O–H groups in total. The van der Waals surface area contributed by atoms with Crippen molar-refractivity contribution in [2.45, 2.75) is 44.0 Å². The van der Waals surface area contributed by atoms with Gasteiger partial charge in [-0.2, -0.15) is 0 Å². The van der Waals surface area contributed by atoms with Crippen LogP contribution in [0.1, 0.15) is 36.8 Å². The first-order valence-electron chi connectivity index (χ1n) is 9.79. The second-order valence-electron chi connectivity index (χ2n) is 7.06. The molecule has 0 atom stereocenters. The van der Waals surface area contributed by atoms with E-state index in [0.717, 1.165) is 38.2 Å². The van der Waals surface area contributed by atoms with Crippen LogP contribution in [0.15, 0.2) is 29.2 Å². The molecule has 0 fully saturated rings. The number of amides is 1. The molecule has 29 heavy (non-hydrogen) atoms. The number of anilines is 1. The predicted molar refractivity (Wildman–Crippen MR) is 114 cm³/mol. The van der Waals surface area contributed by atoms with E-state index in [4.69, 9.17) is 4.74 Å². The number of sulfone groups is 1. The first kappa shape index (κ1) is 21.7. The van der Waals surface area contributed by atoms with Crippen LogP contribution in [-0.4, -0.2) is 50.2 Å². The molecule has 0 radical (unpaired) electrons. The lowest BCUT2D eigenvalue weighted by Gasteiger charge is -2.24. The molecule has 1 aliphatic rings. The molecule has 3 rings (SSSR count). The van der Waals surface area contributed by atoms with Crippen molar-refractivity contribution in [3.8, 4) is 5.75 Å². The van der Waals surface area contributed by atoms with Crippen LogP contribution in [0.5, 0.6) is 5.75 Å². The summed E-state index contributed by atoms with van der Waals surface area (Å²) in [7, 11) is -1.89.